The molecular weight excluding hydrogens is 264 g/mol. The first-order valence-corrected chi connectivity index (χ1v) is 7.42. The molecule has 0 bridgehead atoms. The quantitative estimate of drug-likeness (QED) is 0.842. The molecule has 3 N–H and O–H groups in total. The smallest absolute Gasteiger partial charge is 0.224 e. The number of amides is 1. The van der Waals surface area contributed by atoms with E-state index in [0.717, 1.165) is 12.0 Å². The lowest BCUT2D eigenvalue weighted by atomic mass is 9.84. The summed E-state index contributed by atoms with van der Waals surface area (Å²) in [6.45, 7) is 9.13. The van der Waals surface area contributed by atoms with Crippen molar-refractivity contribution in [2.75, 3.05) is 12.4 Å². The highest BCUT2D eigenvalue weighted by Crippen LogP contribution is 2.28. The van der Waals surface area contributed by atoms with Crippen LogP contribution in [0.25, 0.3) is 0 Å². The van der Waals surface area contributed by atoms with Gasteiger partial charge in [-0.15, -0.1) is 0 Å². The molecule has 0 fully saturated rings. The van der Waals surface area contributed by atoms with Gasteiger partial charge in [0.2, 0.25) is 5.91 Å². The molecule has 1 aromatic carbocycles. The van der Waals surface area contributed by atoms with Gasteiger partial charge in [0.25, 0.3) is 0 Å². The van der Waals surface area contributed by atoms with Crippen LogP contribution in [-0.4, -0.2) is 13.0 Å². The number of benzene rings is 1. The number of carbonyl (C=O) groups is 1. The van der Waals surface area contributed by atoms with Gasteiger partial charge in [-0.1, -0.05) is 33.8 Å². The number of anilines is 1. The molecule has 1 amide bonds. The summed E-state index contributed by atoms with van der Waals surface area (Å²) in [6, 6.07) is 5.60. The lowest BCUT2D eigenvalue weighted by Gasteiger charge is -2.23. The Bertz CT molecular complexity index is 478. The maximum atomic E-state index is 12.1. The maximum absolute atomic E-state index is 12.1. The largest absolute Gasteiger partial charge is 0.495 e. The molecule has 0 aliphatic heterocycles. The molecule has 21 heavy (non-hydrogen) atoms. The van der Waals surface area contributed by atoms with E-state index >= 15 is 0 Å². The van der Waals surface area contributed by atoms with Crippen molar-refractivity contribution in [3.8, 4) is 5.75 Å². The Morgan fingerprint density at radius 2 is 2.05 bits per heavy atom. The zero-order valence-corrected chi connectivity index (χ0v) is 13.8. The molecule has 0 aliphatic rings. The van der Waals surface area contributed by atoms with Gasteiger partial charge in [0.15, 0.2) is 0 Å². The number of carbonyl (C=O) groups excluding carboxylic acids is 1. The van der Waals surface area contributed by atoms with Crippen LogP contribution >= 0.6 is 0 Å². The fraction of sp³-hybridized carbons (Fsp3) is 0.588. The van der Waals surface area contributed by atoms with E-state index < -0.39 is 0 Å². The van der Waals surface area contributed by atoms with Crippen LogP contribution < -0.4 is 15.8 Å². The normalized spacial score (nSPS) is 12.9. The van der Waals surface area contributed by atoms with E-state index in [4.69, 9.17) is 10.5 Å². The van der Waals surface area contributed by atoms with E-state index in [1.807, 2.05) is 18.2 Å². The van der Waals surface area contributed by atoms with Crippen molar-refractivity contribution >= 4 is 11.6 Å². The lowest BCUT2D eigenvalue weighted by Crippen LogP contribution is -2.19. The van der Waals surface area contributed by atoms with Crippen LogP contribution in [0.2, 0.25) is 0 Å². The minimum atomic E-state index is 0.0190. The molecule has 0 saturated heterocycles. The zero-order chi connectivity index (χ0) is 16.0. The molecule has 0 radical (unpaired) electrons. The molecule has 1 rings (SSSR count). The van der Waals surface area contributed by atoms with E-state index in [1.165, 1.54) is 0 Å². The van der Waals surface area contributed by atoms with Crippen molar-refractivity contribution in [3.63, 3.8) is 0 Å². The minimum absolute atomic E-state index is 0.0190. The van der Waals surface area contributed by atoms with Crippen LogP contribution in [0.1, 0.15) is 46.1 Å². The summed E-state index contributed by atoms with van der Waals surface area (Å²) < 4.78 is 5.30. The molecule has 0 heterocycles. The van der Waals surface area contributed by atoms with Gasteiger partial charge in [-0.05, 0) is 35.4 Å². The highest BCUT2D eigenvalue weighted by atomic mass is 16.5. The van der Waals surface area contributed by atoms with Crippen molar-refractivity contribution in [1.82, 2.24) is 0 Å². The standard InChI is InChI=1S/C17H28N2O2/c1-12(10-17(2,3)4)8-16(20)19-14-7-6-13(11-18)9-15(14)21-5/h6-7,9,12H,8,10-11,18H2,1-5H3,(H,19,20). The van der Waals surface area contributed by atoms with Gasteiger partial charge < -0.3 is 15.8 Å². The van der Waals surface area contributed by atoms with E-state index in [2.05, 4.69) is 33.0 Å². The van der Waals surface area contributed by atoms with Gasteiger partial charge in [0, 0.05) is 13.0 Å². The molecule has 1 aromatic rings. The number of rotatable bonds is 6. The van der Waals surface area contributed by atoms with Crippen molar-refractivity contribution in [1.29, 1.82) is 0 Å². The molecule has 4 heteroatoms. The van der Waals surface area contributed by atoms with Gasteiger partial charge in [0.05, 0.1) is 12.8 Å². The minimum Gasteiger partial charge on any atom is -0.495 e. The summed E-state index contributed by atoms with van der Waals surface area (Å²) in [7, 11) is 1.59. The summed E-state index contributed by atoms with van der Waals surface area (Å²) in [5.74, 6) is 1.01. The average Bonchev–Trinajstić information content (AvgIpc) is 2.36. The Kier molecular flexibility index (Phi) is 6.21. The Morgan fingerprint density at radius 3 is 2.57 bits per heavy atom. The van der Waals surface area contributed by atoms with Crippen LogP contribution in [0.5, 0.6) is 5.75 Å². The van der Waals surface area contributed by atoms with Crippen molar-refractivity contribution in [2.45, 2.75) is 47.1 Å². The van der Waals surface area contributed by atoms with Crippen molar-refractivity contribution in [2.24, 2.45) is 17.1 Å². The van der Waals surface area contributed by atoms with Crippen LogP contribution in [-0.2, 0) is 11.3 Å². The topological polar surface area (TPSA) is 64.3 Å². The fourth-order valence-corrected chi connectivity index (χ4v) is 2.60. The van der Waals surface area contributed by atoms with E-state index in [1.54, 1.807) is 7.11 Å². The summed E-state index contributed by atoms with van der Waals surface area (Å²) in [4.78, 5) is 12.1. The van der Waals surface area contributed by atoms with Crippen LogP contribution in [0.3, 0.4) is 0 Å². The van der Waals surface area contributed by atoms with E-state index in [9.17, 15) is 4.79 Å². The predicted molar refractivity (Wildman–Crippen MR) is 87.4 cm³/mol. The molecule has 1 unspecified atom stereocenters. The monoisotopic (exact) mass is 292 g/mol. The van der Waals surface area contributed by atoms with Crippen LogP contribution in [0, 0.1) is 11.3 Å². The van der Waals surface area contributed by atoms with Crippen LogP contribution in [0.4, 0.5) is 5.69 Å². The summed E-state index contributed by atoms with van der Waals surface area (Å²) in [5, 5.41) is 2.92. The summed E-state index contributed by atoms with van der Waals surface area (Å²) in [5.41, 5.74) is 7.52. The first-order valence-electron chi connectivity index (χ1n) is 7.42. The highest BCUT2D eigenvalue weighted by molar-refractivity contribution is 5.92. The lowest BCUT2D eigenvalue weighted by molar-refractivity contribution is -0.117. The summed E-state index contributed by atoms with van der Waals surface area (Å²) >= 11 is 0. The predicted octanol–water partition coefficient (Wildman–Crippen LogP) is 3.55. The Morgan fingerprint density at radius 1 is 1.38 bits per heavy atom. The molecule has 0 aromatic heterocycles. The van der Waals surface area contributed by atoms with Gasteiger partial charge in [-0.25, -0.2) is 0 Å². The molecule has 0 saturated carbocycles. The molecule has 0 aliphatic carbocycles. The second-order valence-electron chi connectivity index (χ2n) is 6.86. The number of methoxy groups -OCH3 is 1. The Labute approximate surface area is 128 Å². The first kappa shape index (κ1) is 17.5. The van der Waals surface area contributed by atoms with Gasteiger partial charge >= 0.3 is 0 Å². The number of nitrogens with two attached hydrogens (primary N) is 1. The molecule has 1 atom stereocenters. The maximum Gasteiger partial charge on any atom is 0.224 e. The average molecular weight is 292 g/mol. The van der Waals surface area contributed by atoms with Crippen molar-refractivity contribution in [3.05, 3.63) is 23.8 Å². The second-order valence-corrected chi connectivity index (χ2v) is 6.86. The first-order chi connectivity index (χ1) is 9.75. The SMILES string of the molecule is COc1cc(CN)ccc1NC(=O)CC(C)CC(C)(C)C. The number of hydrogen-bond acceptors (Lipinski definition) is 3. The molecule has 118 valence electrons. The van der Waals surface area contributed by atoms with Gasteiger partial charge in [-0.2, -0.15) is 0 Å². The second kappa shape index (κ2) is 7.46. The zero-order valence-electron chi connectivity index (χ0n) is 13.8. The van der Waals surface area contributed by atoms with Gasteiger partial charge in [-0.3, -0.25) is 4.79 Å². The highest BCUT2D eigenvalue weighted by Gasteiger charge is 2.18. The van der Waals surface area contributed by atoms with E-state index in [-0.39, 0.29) is 11.3 Å². The third kappa shape index (κ3) is 6.17. The third-order valence-electron chi connectivity index (χ3n) is 3.27. The number of ether oxygens (including phenoxy) is 1. The van der Waals surface area contributed by atoms with Gasteiger partial charge in [0.1, 0.15) is 5.75 Å². The summed E-state index contributed by atoms with van der Waals surface area (Å²) in [6.07, 6.45) is 1.53. The van der Waals surface area contributed by atoms with E-state index in [0.29, 0.717) is 30.3 Å². The Hall–Kier alpha value is -1.55. The van der Waals surface area contributed by atoms with Crippen molar-refractivity contribution < 1.29 is 9.53 Å². The molecule has 0 spiro atoms. The van der Waals surface area contributed by atoms with Crippen LogP contribution in [0.15, 0.2) is 18.2 Å². The fourth-order valence-electron chi connectivity index (χ4n) is 2.60. The third-order valence-corrected chi connectivity index (χ3v) is 3.27. The number of hydrogen-bond donors (Lipinski definition) is 2. The number of nitrogens with one attached hydrogen (secondary N) is 1. The molecular formula is C17H28N2O2. The molecule has 4 nitrogen and oxygen atoms in total. The Balaban J connectivity index is 2.66.